The minimum atomic E-state index is 0. The Morgan fingerprint density at radius 3 is 0.692 bits per heavy atom. The average Bonchev–Trinajstić information content (AvgIpc) is 1.54. The van der Waals surface area contributed by atoms with Crippen molar-refractivity contribution in [2.75, 3.05) is 0 Å². The summed E-state index contributed by atoms with van der Waals surface area (Å²) in [5.41, 5.74) is 14.1. The van der Waals surface area contributed by atoms with Gasteiger partial charge in [-0.25, -0.2) is 0 Å². The number of nitrogens with two attached hydrogens (primary N) is 3. The van der Waals surface area contributed by atoms with Gasteiger partial charge in [0.1, 0.15) is 13.0 Å². The van der Waals surface area contributed by atoms with Crippen LogP contribution in [-0.2, 0) is 0 Å². The minimum absolute atomic E-state index is 0. The van der Waals surface area contributed by atoms with Crippen LogP contribution < -0.4 is 17.2 Å². The average molecular weight is 314 g/mol. The van der Waals surface area contributed by atoms with Crippen LogP contribution in [0.15, 0.2) is 0 Å². The van der Waals surface area contributed by atoms with Gasteiger partial charge in [-0.2, -0.15) is 9.90 Å². The molecule has 0 aromatic carbocycles. The van der Waals surface area contributed by atoms with Gasteiger partial charge in [0, 0.05) is 0 Å². The Labute approximate surface area is 114 Å². The topological polar surface area (TPSA) is 78.1 Å². The van der Waals surface area contributed by atoms with E-state index in [1.165, 1.54) is 0 Å². The summed E-state index contributed by atoms with van der Waals surface area (Å²) in [4.78, 5) is 0. The molecule has 0 bridgehead atoms. The first-order valence-corrected chi connectivity index (χ1v) is 4.72. The first-order chi connectivity index (χ1) is 5.20. The number of rotatable bonds is 0. The van der Waals surface area contributed by atoms with Gasteiger partial charge in [-0.3, -0.25) is 0 Å². The molecule has 0 amide bonds. The predicted octanol–water partition coefficient (Wildman–Crippen LogP) is 0.537. The maximum absolute atomic E-state index is 4.71. The summed E-state index contributed by atoms with van der Waals surface area (Å²) in [6.07, 6.45) is 0. The molecule has 0 aliphatic heterocycles. The van der Waals surface area contributed by atoms with Crippen LogP contribution in [0.1, 0.15) is 0 Å². The van der Waals surface area contributed by atoms with Gasteiger partial charge in [0.2, 0.25) is 0 Å². The molecule has 0 rings (SSSR count). The predicted molar refractivity (Wildman–Crippen MR) is 88.4 cm³/mol. The Hall–Kier alpha value is 1.15. The fourth-order valence-electron chi connectivity index (χ4n) is 0. The lowest BCUT2D eigenvalue weighted by molar-refractivity contribution is 1.91. The zero-order valence-electron chi connectivity index (χ0n) is 6.51. The molecule has 6 N–H and O–H groups in total. The van der Waals surface area contributed by atoms with Gasteiger partial charge in [-0.15, -0.1) is 37.9 Å². The first kappa shape index (κ1) is 23.8. The molecule has 10 heteroatoms. The molecule has 0 saturated heterocycles. The van der Waals surface area contributed by atoms with Crippen molar-refractivity contribution in [2.24, 2.45) is 17.2 Å². The fraction of sp³-hybridized carbons (Fsp3) is 0. The summed E-state index contributed by atoms with van der Waals surface area (Å²) in [5, 5.41) is 0. The van der Waals surface area contributed by atoms with E-state index >= 15 is 0 Å². The van der Waals surface area contributed by atoms with Crippen LogP contribution in [0.25, 0.3) is 0 Å². The Morgan fingerprint density at radius 2 is 0.692 bits per heavy atom. The van der Waals surface area contributed by atoms with Crippen molar-refractivity contribution < 1.29 is 0 Å². The Kier molecular flexibility index (Phi) is 34.4. The molecule has 0 aromatic rings. The highest BCUT2D eigenvalue weighted by Crippen LogP contribution is 1.64. The van der Waals surface area contributed by atoms with Crippen LogP contribution in [0, 0.1) is 0 Å². The van der Waals surface area contributed by atoms with E-state index in [1.807, 2.05) is 0 Å². The van der Waals surface area contributed by atoms with Crippen molar-refractivity contribution in [2.45, 2.75) is 0 Å². The van der Waals surface area contributed by atoms with Crippen molar-refractivity contribution in [1.82, 2.24) is 0 Å². The van der Waals surface area contributed by atoms with E-state index < -0.39 is 0 Å². The number of hydrogen-bond acceptors (Lipinski definition) is 3. The lowest BCUT2D eigenvalue weighted by Crippen LogP contribution is -1.94. The second-order valence-electron chi connectivity index (χ2n) is 1.01. The van der Waals surface area contributed by atoms with Crippen molar-refractivity contribution in [3.63, 3.8) is 0 Å². The highest BCUT2D eigenvalue weighted by molar-refractivity contribution is 8.11. The van der Waals surface area contributed by atoms with Crippen LogP contribution in [0.3, 0.4) is 0 Å². The molecule has 80 valence electrons. The molecule has 0 heterocycles. The fourth-order valence-corrected chi connectivity index (χ4v) is 0. The van der Waals surface area contributed by atoms with E-state index in [0.717, 1.165) is 0 Å². The van der Waals surface area contributed by atoms with Gasteiger partial charge in [0.15, 0.2) is 0 Å². The zero-order valence-corrected chi connectivity index (χ0v) is 13.1. The molecule has 1 atom stereocenters. The molecule has 0 aliphatic carbocycles. The normalized spacial score (nSPS) is 5.77. The maximum Gasteiger partial charge on any atom is 0.128 e. The number of thiol groups is 3. The largest absolute Gasteiger partial charge is 0.385 e. The quantitative estimate of drug-likeness (QED) is 0.223. The van der Waals surface area contributed by atoms with E-state index in [9.17, 15) is 0 Å². The highest BCUT2D eigenvalue weighted by atomic mass is 32.1. The van der Waals surface area contributed by atoms with E-state index in [1.54, 1.807) is 0 Å². The van der Waals surface area contributed by atoms with Gasteiger partial charge < -0.3 is 17.2 Å². The second kappa shape index (κ2) is 18.8. The highest BCUT2D eigenvalue weighted by Gasteiger charge is 1.56. The lowest BCUT2D eigenvalue weighted by Gasteiger charge is -1.64. The summed E-state index contributed by atoms with van der Waals surface area (Å²) in [6, 6.07) is 0. The summed E-state index contributed by atoms with van der Waals surface area (Å²) in [5.74, 6) is 0. The molecule has 0 fully saturated rings. The molecule has 0 saturated carbocycles. The Bertz CT molecular complexity index is 121. The van der Waals surface area contributed by atoms with Gasteiger partial charge in [-0.05, 0) is 0 Å². The monoisotopic (exact) mass is 313 g/mol. The van der Waals surface area contributed by atoms with Crippen LogP contribution in [0.2, 0.25) is 0 Å². The van der Waals surface area contributed by atoms with Crippen LogP contribution in [-0.4, -0.2) is 13.0 Å². The van der Waals surface area contributed by atoms with Crippen molar-refractivity contribution in [1.29, 1.82) is 0 Å². The summed E-state index contributed by atoms with van der Waals surface area (Å²) in [7, 11) is 0. The minimum Gasteiger partial charge on any atom is -0.385 e. The Balaban J connectivity index is -0.0000000450. The summed E-state index contributed by atoms with van der Waals surface area (Å²) >= 11 is 23.0. The van der Waals surface area contributed by atoms with Gasteiger partial charge in [-0.1, -0.05) is 36.7 Å². The molecule has 13 heavy (non-hydrogen) atoms. The Morgan fingerprint density at radius 1 is 0.692 bits per heavy atom. The smallest absolute Gasteiger partial charge is 0.128 e. The van der Waals surface area contributed by atoms with Crippen LogP contribution in [0.4, 0.5) is 0 Å². The molecule has 0 aliphatic rings. The molecule has 1 unspecified atom stereocenters. The molecule has 0 radical (unpaired) electrons. The third-order valence-electron chi connectivity index (χ3n) is 0. The van der Waals surface area contributed by atoms with E-state index in [2.05, 4.69) is 74.5 Å². The lowest BCUT2D eigenvalue weighted by atomic mass is 11.5. The van der Waals surface area contributed by atoms with Crippen LogP contribution in [0.5, 0.6) is 0 Å². The molecule has 0 spiro atoms. The molecular formula is C3H12N3PS6. The zero-order chi connectivity index (χ0) is 10.7. The van der Waals surface area contributed by atoms with Gasteiger partial charge in [0.25, 0.3) is 0 Å². The van der Waals surface area contributed by atoms with Crippen molar-refractivity contribution in [3.05, 3.63) is 0 Å². The first-order valence-electron chi connectivity index (χ1n) is 2.15. The molecule has 0 aromatic heterocycles. The standard InChI is InChI=1S/3CH3NS2.H3P/c3*2-1(3)4;/h3*(H3,2,3,4);1H3. The van der Waals surface area contributed by atoms with Crippen molar-refractivity contribution in [3.8, 4) is 0 Å². The van der Waals surface area contributed by atoms with E-state index in [4.69, 9.17) is 17.2 Å². The van der Waals surface area contributed by atoms with Gasteiger partial charge >= 0.3 is 0 Å². The molecule has 3 nitrogen and oxygen atoms in total. The summed E-state index contributed by atoms with van der Waals surface area (Å²) < 4.78 is 0.583. The third kappa shape index (κ3) is 1240. The second-order valence-corrected chi connectivity index (χ2v) is 4.69. The number of thiocarbonyl (C=S) groups is 3. The van der Waals surface area contributed by atoms with Crippen molar-refractivity contribution >= 4 is 97.4 Å². The number of hydrogen-bond donors (Lipinski definition) is 6. The summed E-state index contributed by atoms with van der Waals surface area (Å²) in [6.45, 7) is 0. The van der Waals surface area contributed by atoms with E-state index in [-0.39, 0.29) is 22.9 Å². The SMILES string of the molecule is NC(=S)S.NC(=S)S.NC(=S)S.P. The van der Waals surface area contributed by atoms with Gasteiger partial charge in [0.05, 0.1) is 0 Å². The molecular weight excluding hydrogens is 301 g/mol. The van der Waals surface area contributed by atoms with Crippen LogP contribution >= 0.6 is 84.4 Å². The maximum atomic E-state index is 4.71. The third-order valence-corrected chi connectivity index (χ3v) is 0. The van der Waals surface area contributed by atoms with E-state index in [0.29, 0.717) is 0 Å².